The van der Waals surface area contributed by atoms with Gasteiger partial charge < -0.3 is 4.90 Å². The summed E-state index contributed by atoms with van der Waals surface area (Å²) in [6.07, 6.45) is 7.19. The SMILES string of the molecule is CN(C)C=C1C=CC=NC1=N. The van der Waals surface area contributed by atoms with Crippen LogP contribution in [0, 0.1) is 5.41 Å². The van der Waals surface area contributed by atoms with Crippen molar-refractivity contribution in [1.29, 1.82) is 5.41 Å². The van der Waals surface area contributed by atoms with Crippen molar-refractivity contribution in [2.75, 3.05) is 14.1 Å². The fraction of sp³-hybridized carbons (Fsp3) is 0.250. The Labute approximate surface area is 66.2 Å². The zero-order valence-electron chi connectivity index (χ0n) is 6.70. The molecule has 0 radical (unpaired) electrons. The number of dihydropyridines is 1. The molecule has 1 aliphatic heterocycles. The highest BCUT2D eigenvalue weighted by molar-refractivity contribution is 6.06. The smallest absolute Gasteiger partial charge is 0.153 e. The van der Waals surface area contributed by atoms with E-state index in [1.165, 1.54) is 0 Å². The van der Waals surface area contributed by atoms with E-state index in [-0.39, 0.29) is 0 Å². The van der Waals surface area contributed by atoms with E-state index in [4.69, 9.17) is 5.41 Å². The Morgan fingerprint density at radius 2 is 2.27 bits per heavy atom. The van der Waals surface area contributed by atoms with Gasteiger partial charge in [0.25, 0.3) is 0 Å². The van der Waals surface area contributed by atoms with E-state index in [2.05, 4.69) is 4.99 Å². The first-order valence-corrected chi connectivity index (χ1v) is 3.38. The van der Waals surface area contributed by atoms with Crippen molar-refractivity contribution in [3.05, 3.63) is 23.9 Å². The lowest BCUT2D eigenvalue weighted by atomic mass is 10.2. The van der Waals surface area contributed by atoms with Gasteiger partial charge in [-0.15, -0.1) is 0 Å². The maximum Gasteiger partial charge on any atom is 0.153 e. The Bertz CT molecular complexity index is 246. The number of allylic oxidation sites excluding steroid dienone is 1. The molecule has 0 bridgehead atoms. The van der Waals surface area contributed by atoms with Gasteiger partial charge in [0.15, 0.2) is 5.84 Å². The molecule has 1 rings (SSSR count). The van der Waals surface area contributed by atoms with Crippen LogP contribution in [0.3, 0.4) is 0 Å². The van der Waals surface area contributed by atoms with Crippen LogP contribution >= 0.6 is 0 Å². The van der Waals surface area contributed by atoms with Crippen molar-refractivity contribution in [2.24, 2.45) is 4.99 Å². The maximum atomic E-state index is 7.40. The Hall–Kier alpha value is -1.38. The number of hydrogen-bond donors (Lipinski definition) is 1. The monoisotopic (exact) mass is 149 g/mol. The molecule has 0 amide bonds. The molecular formula is C8H11N3. The first-order chi connectivity index (χ1) is 5.20. The molecule has 1 heterocycles. The van der Waals surface area contributed by atoms with Crippen molar-refractivity contribution < 1.29 is 0 Å². The van der Waals surface area contributed by atoms with Gasteiger partial charge in [0.05, 0.1) is 0 Å². The molecule has 3 heteroatoms. The van der Waals surface area contributed by atoms with Gasteiger partial charge in [-0.25, -0.2) is 4.99 Å². The molecule has 0 aromatic heterocycles. The van der Waals surface area contributed by atoms with Gasteiger partial charge in [-0.1, -0.05) is 0 Å². The highest BCUT2D eigenvalue weighted by atomic mass is 15.0. The molecule has 0 atom stereocenters. The molecule has 0 saturated heterocycles. The van der Waals surface area contributed by atoms with Gasteiger partial charge in [0.1, 0.15) is 0 Å². The molecule has 0 aromatic carbocycles. The number of aliphatic imine (C=N–C) groups is 1. The van der Waals surface area contributed by atoms with Crippen molar-refractivity contribution in [2.45, 2.75) is 0 Å². The largest absolute Gasteiger partial charge is 0.383 e. The van der Waals surface area contributed by atoms with Crippen LogP contribution in [0.25, 0.3) is 0 Å². The minimum absolute atomic E-state index is 0.321. The van der Waals surface area contributed by atoms with Gasteiger partial charge >= 0.3 is 0 Å². The Balaban J connectivity index is 2.81. The summed E-state index contributed by atoms with van der Waals surface area (Å²) in [4.78, 5) is 5.74. The minimum atomic E-state index is 0.321. The second-order valence-electron chi connectivity index (χ2n) is 2.53. The van der Waals surface area contributed by atoms with Crippen LogP contribution in [0.5, 0.6) is 0 Å². The number of rotatable bonds is 1. The third-order valence-electron chi connectivity index (χ3n) is 1.24. The molecule has 58 valence electrons. The summed E-state index contributed by atoms with van der Waals surface area (Å²) in [5.41, 5.74) is 0.845. The van der Waals surface area contributed by atoms with E-state index >= 15 is 0 Å². The lowest BCUT2D eigenvalue weighted by Crippen LogP contribution is -2.07. The van der Waals surface area contributed by atoms with Crippen LogP contribution in [0.15, 0.2) is 28.9 Å². The molecule has 0 aromatic rings. The van der Waals surface area contributed by atoms with Crippen LogP contribution in [-0.4, -0.2) is 31.0 Å². The average Bonchev–Trinajstić information content (AvgIpc) is 1.93. The first kappa shape index (κ1) is 7.72. The van der Waals surface area contributed by atoms with Crippen LogP contribution < -0.4 is 0 Å². The molecule has 3 nitrogen and oxygen atoms in total. The molecule has 1 N–H and O–H groups in total. The number of nitrogens with one attached hydrogen (secondary N) is 1. The quantitative estimate of drug-likeness (QED) is 0.594. The lowest BCUT2D eigenvalue weighted by molar-refractivity contribution is 0.562. The van der Waals surface area contributed by atoms with E-state index in [1.54, 1.807) is 6.21 Å². The lowest BCUT2D eigenvalue weighted by Gasteiger charge is -2.08. The van der Waals surface area contributed by atoms with Crippen LogP contribution in [0.2, 0.25) is 0 Å². The standard InChI is InChI=1S/C8H11N3/c1-11(2)6-7-4-3-5-10-8(7)9/h3-6,9H,1-2H3. The number of hydrogen-bond acceptors (Lipinski definition) is 2. The first-order valence-electron chi connectivity index (χ1n) is 3.38. The van der Waals surface area contributed by atoms with Crippen molar-refractivity contribution >= 4 is 12.1 Å². The van der Waals surface area contributed by atoms with Gasteiger partial charge in [-0.3, -0.25) is 5.41 Å². The zero-order chi connectivity index (χ0) is 8.27. The van der Waals surface area contributed by atoms with E-state index in [1.807, 2.05) is 37.3 Å². The van der Waals surface area contributed by atoms with E-state index in [0.29, 0.717) is 5.84 Å². The summed E-state index contributed by atoms with van der Waals surface area (Å²) in [6.45, 7) is 0. The average molecular weight is 149 g/mol. The second-order valence-corrected chi connectivity index (χ2v) is 2.53. The molecule has 1 aliphatic rings. The molecule has 0 unspecified atom stereocenters. The maximum absolute atomic E-state index is 7.40. The third-order valence-corrected chi connectivity index (χ3v) is 1.24. The van der Waals surface area contributed by atoms with Gasteiger partial charge in [0, 0.05) is 32.1 Å². The Kier molecular flexibility index (Phi) is 2.21. The third kappa shape index (κ3) is 2.04. The summed E-state index contributed by atoms with van der Waals surface area (Å²) in [6, 6.07) is 0. The molecule has 0 fully saturated rings. The van der Waals surface area contributed by atoms with Crippen LogP contribution in [-0.2, 0) is 0 Å². The molecular weight excluding hydrogens is 138 g/mol. The van der Waals surface area contributed by atoms with Crippen LogP contribution in [0.1, 0.15) is 0 Å². The topological polar surface area (TPSA) is 39.5 Å². The van der Waals surface area contributed by atoms with E-state index < -0.39 is 0 Å². The van der Waals surface area contributed by atoms with Gasteiger partial charge in [-0.05, 0) is 12.2 Å². The van der Waals surface area contributed by atoms with Crippen molar-refractivity contribution in [3.8, 4) is 0 Å². The summed E-state index contributed by atoms with van der Waals surface area (Å²) < 4.78 is 0. The summed E-state index contributed by atoms with van der Waals surface area (Å²) in [5.74, 6) is 0.321. The molecule has 0 saturated carbocycles. The van der Waals surface area contributed by atoms with E-state index in [0.717, 1.165) is 5.57 Å². The zero-order valence-corrected chi connectivity index (χ0v) is 6.70. The fourth-order valence-corrected chi connectivity index (χ4v) is 0.800. The normalized spacial score (nSPS) is 19.5. The van der Waals surface area contributed by atoms with Crippen LogP contribution in [0.4, 0.5) is 0 Å². The van der Waals surface area contributed by atoms with Crippen molar-refractivity contribution in [1.82, 2.24) is 4.90 Å². The highest BCUT2D eigenvalue weighted by Crippen LogP contribution is 2.04. The predicted octanol–water partition coefficient (Wildman–Crippen LogP) is 1.05. The summed E-state index contributed by atoms with van der Waals surface area (Å²) in [5, 5.41) is 7.40. The van der Waals surface area contributed by atoms with Gasteiger partial charge in [0.2, 0.25) is 0 Å². The Morgan fingerprint density at radius 3 is 2.82 bits per heavy atom. The molecule has 0 aliphatic carbocycles. The van der Waals surface area contributed by atoms with Gasteiger partial charge in [-0.2, -0.15) is 0 Å². The summed E-state index contributed by atoms with van der Waals surface area (Å²) in [7, 11) is 3.85. The van der Waals surface area contributed by atoms with Crippen molar-refractivity contribution in [3.63, 3.8) is 0 Å². The predicted molar refractivity (Wildman–Crippen MR) is 47.1 cm³/mol. The number of nitrogens with zero attached hydrogens (tertiary/aromatic N) is 2. The Morgan fingerprint density at radius 1 is 1.55 bits per heavy atom. The minimum Gasteiger partial charge on any atom is -0.383 e. The van der Waals surface area contributed by atoms with E-state index in [9.17, 15) is 0 Å². The molecule has 11 heavy (non-hydrogen) atoms. The second kappa shape index (κ2) is 3.14. The number of amidine groups is 1. The fourth-order valence-electron chi connectivity index (χ4n) is 0.800. The molecule has 0 spiro atoms. The highest BCUT2D eigenvalue weighted by Gasteiger charge is 2.01. The summed E-state index contributed by atoms with van der Waals surface area (Å²) >= 11 is 0.